The average molecular weight is 355 g/mol. The summed E-state index contributed by atoms with van der Waals surface area (Å²) in [4.78, 5) is 23.4. The number of hydrogen-bond donors (Lipinski definition) is 2. The van der Waals surface area contributed by atoms with Gasteiger partial charge >= 0.3 is 5.97 Å². The second-order valence-electron chi connectivity index (χ2n) is 6.22. The van der Waals surface area contributed by atoms with Crippen molar-refractivity contribution in [3.63, 3.8) is 0 Å². The lowest BCUT2D eigenvalue weighted by Gasteiger charge is -2.11. The van der Waals surface area contributed by atoms with Crippen molar-refractivity contribution >= 4 is 11.9 Å². The van der Waals surface area contributed by atoms with E-state index >= 15 is 0 Å². The van der Waals surface area contributed by atoms with Crippen molar-refractivity contribution in [3.05, 3.63) is 36.2 Å². The van der Waals surface area contributed by atoms with Crippen LogP contribution in [-0.2, 0) is 4.79 Å². The molecule has 0 aliphatic rings. The van der Waals surface area contributed by atoms with Crippen LogP contribution >= 0.6 is 0 Å². The van der Waals surface area contributed by atoms with E-state index in [4.69, 9.17) is 5.11 Å². The smallest absolute Gasteiger partial charge is 0.322 e. The van der Waals surface area contributed by atoms with E-state index in [9.17, 15) is 4.79 Å². The standard InChI is InChI=1S/C17H21N7O2/c1-10(2)24-12(4)15(11(3)22-24)23-6-5-18-16(23)13-7-19-17(20-8-13)21-9-14(25)26/h5-8,10H,9H2,1-4H3,(H,25,26)(H,19,20,21). The number of carboxylic acid groups (broad SMARTS) is 1. The molecule has 26 heavy (non-hydrogen) atoms. The predicted octanol–water partition coefficient (Wildman–Crippen LogP) is 2.22. The summed E-state index contributed by atoms with van der Waals surface area (Å²) in [6.45, 7) is 7.96. The first-order valence-electron chi connectivity index (χ1n) is 8.26. The third-order valence-electron chi connectivity index (χ3n) is 3.97. The van der Waals surface area contributed by atoms with Gasteiger partial charge in [-0.2, -0.15) is 5.10 Å². The van der Waals surface area contributed by atoms with Crippen LogP contribution in [0.2, 0.25) is 0 Å². The Morgan fingerprint density at radius 1 is 1.23 bits per heavy atom. The molecule has 136 valence electrons. The first kappa shape index (κ1) is 17.6. The molecule has 9 heteroatoms. The maximum absolute atomic E-state index is 10.6. The van der Waals surface area contributed by atoms with Crippen molar-refractivity contribution in [1.82, 2.24) is 29.3 Å². The molecule has 3 rings (SSSR count). The fourth-order valence-electron chi connectivity index (χ4n) is 2.89. The van der Waals surface area contributed by atoms with Crippen LogP contribution in [-0.4, -0.2) is 46.9 Å². The first-order valence-corrected chi connectivity index (χ1v) is 8.26. The van der Waals surface area contributed by atoms with Crippen LogP contribution in [0.15, 0.2) is 24.8 Å². The van der Waals surface area contributed by atoms with Crippen LogP contribution in [0.1, 0.15) is 31.3 Å². The molecular formula is C17H21N7O2. The van der Waals surface area contributed by atoms with E-state index in [1.165, 1.54) is 0 Å². The average Bonchev–Trinajstić information content (AvgIpc) is 3.17. The molecule has 3 heterocycles. The number of nitrogens with one attached hydrogen (secondary N) is 1. The highest BCUT2D eigenvalue weighted by Gasteiger charge is 2.18. The Kier molecular flexibility index (Phi) is 4.70. The van der Waals surface area contributed by atoms with E-state index in [1.807, 2.05) is 29.3 Å². The number of rotatable bonds is 6. The molecule has 0 aromatic carbocycles. The Hall–Kier alpha value is -3.23. The van der Waals surface area contributed by atoms with Crippen molar-refractivity contribution in [2.45, 2.75) is 33.7 Å². The third kappa shape index (κ3) is 3.28. The number of aryl methyl sites for hydroxylation is 1. The number of imidazole rings is 1. The molecule has 2 N–H and O–H groups in total. The molecule has 0 aliphatic carbocycles. The van der Waals surface area contributed by atoms with Gasteiger partial charge in [-0.05, 0) is 27.7 Å². The van der Waals surface area contributed by atoms with Crippen molar-refractivity contribution < 1.29 is 9.90 Å². The summed E-state index contributed by atoms with van der Waals surface area (Å²) in [5.41, 5.74) is 3.68. The molecule has 3 aromatic rings. The first-order chi connectivity index (χ1) is 12.4. The predicted molar refractivity (Wildman–Crippen MR) is 96.4 cm³/mol. The second kappa shape index (κ2) is 6.95. The lowest BCUT2D eigenvalue weighted by molar-refractivity contribution is -0.134. The number of anilines is 1. The SMILES string of the molecule is Cc1nn(C(C)C)c(C)c1-n1ccnc1-c1cnc(NCC(=O)O)nc1. The summed E-state index contributed by atoms with van der Waals surface area (Å²) in [7, 11) is 0. The molecule has 0 saturated carbocycles. The fraction of sp³-hybridized carbons (Fsp3) is 0.353. The summed E-state index contributed by atoms with van der Waals surface area (Å²) >= 11 is 0. The van der Waals surface area contributed by atoms with Gasteiger partial charge in [-0.1, -0.05) is 0 Å². The van der Waals surface area contributed by atoms with Crippen molar-refractivity contribution in [2.24, 2.45) is 0 Å². The molecule has 0 radical (unpaired) electrons. The largest absolute Gasteiger partial charge is 0.480 e. The van der Waals surface area contributed by atoms with Gasteiger partial charge in [0.15, 0.2) is 0 Å². The Balaban J connectivity index is 1.96. The highest BCUT2D eigenvalue weighted by Crippen LogP contribution is 2.26. The molecule has 0 bridgehead atoms. The lowest BCUT2D eigenvalue weighted by atomic mass is 10.2. The number of aliphatic carboxylic acids is 1. The zero-order chi connectivity index (χ0) is 18.8. The molecule has 9 nitrogen and oxygen atoms in total. The monoisotopic (exact) mass is 355 g/mol. The van der Waals surface area contributed by atoms with Gasteiger partial charge < -0.3 is 10.4 Å². The van der Waals surface area contributed by atoms with E-state index in [1.54, 1.807) is 18.6 Å². The summed E-state index contributed by atoms with van der Waals surface area (Å²) in [6.07, 6.45) is 6.84. The fourth-order valence-corrected chi connectivity index (χ4v) is 2.89. The molecule has 3 aromatic heterocycles. The van der Waals surface area contributed by atoms with Crippen LogP contribution < -0.4 is 5.32 Å². The Labute approximate surface area is 150 Å². The minimum atomic E-state index is -0.971. The summed E-state index contributed by atoms with van der Waals surface area (Å²) in [5, 5.41) is 16.0. The van der Waals surface area contributed by atoms with Gasteiger partial charge in [-0.25, -0.2) is 15.0 Å². The van der Waals surface area contributed by atoms with Crippen molar-refractivity contribution in [2.75, 3.05) is 11.9 Å². The number of aromatic nitrogens is 6. The lowest BCUT2D eigenvalue weighted by Crippen LogP contribution is -2.14. The molecule has 0 fully saturated rings. The second-order valence-corrected chi connectivity index (χ2v) is 6.22. The van der Waals surface area contributed by atoms with Crippen LogP contribution in [0, 0.1) is 13.8 Å². The molecule has 0 saturated heterocycles. The van der Waals surface area contributed by atoms with Crippen molar-refractivity contribution in [3.8, 4) is 17.1 Å². The van der Waals surface area contributed by atoms with Gasteiger partial charge in [-0.15, -0.1) is 0 Å². The molecular weight excluding hydrogens is 334 g/mol. The van der Waals surface area contributed by atoms with Gasteiger partial charge in [0, 0.05) is 30.8 Å². The van der Waals surface area contributed by atoms with E-state index in [2.05, 4.69) is 39.2 Å². The number of nitrogens with zero attached hydrogens (tertiary/aromatic N) is 6. The van der Waals surface area contributed by atoms with Gasteiger partial charge in [0.05, 0.1) is 22.6 Å². The highest BCUT2D eigenvalue weighted by molar-refractivity contribution is 5.71. The van der Waals surface area contributed by atoms with E-state index in [-0.39, 0.29) is 18.5 Å². The zero-order valence-corrected chi connectivity index (χ0v) is 15.1. The topological polar surface area (TPSA) is 111 Å². The maximum atomic E-state index is 10.6. The Morgan fingerprint density at radius 3 is 2.50 bits per heavy atom. The van der Waals surface area contributed by atoms with Gasteiger partial charge in [0.1, 0.15) is 12.4 Å². The summed E-state index contributed by atoms with van der Waals surface area (Å²) in [6, 6.07) is 0.261. The Morgan fingerprint density at radius 2 is 1.92 bits per heavy atom. The van der Waals surface area contributed by atoms with Crippen LogP contribution in [0.3, 0.4) is 0 Å². The van der Waals surface area contributed by atoms with E-state index < -0.39 is 5.97 Å². The number of carbonyl (C=O) groups is 1. The van der Waals surface area contributed by atoms with Gasteiger partial charge in [0.2, 0.25) is 5.95 Å². The number of hydrogen-bond acceptors (Lipinski definition) is 6. The van der Waals surface area contributed by atoms with Crippen molar-refractivity contribution in [1.29, 1.82) is 0 Å². The normalized spacial score (nSPS) is 11.1. The molecule has 0 amide bonds. The third-order valence-corrected chi connectivity index (χ3v) is 3.97. The minimum Gasteiger partial charge on any atom is -0.480 e. The van der Waals surface area contributed by atoms with Gasteiger partial charge in [0.25, 0.3) is 0 Å². The molecule has 0 atom stereocenters. The molecule has 0 unspecified atom stereocenters. The van der Waals surface area contributed by atoms with Crippen LogP contribution in [0.5, 0.6) is 0 Å². The zero-order valence-electron chi connectivity index (χ0n) is 15.1. The summed E-state index contributed by atoms with van der Waals surface area (Å²) in [5.74, 6) is -0.0140. The quantitative estimate of drug-likeness (QED) is 0.697. The number of carboxylic acids is 1. The molecule has 0 spiro atoms. The Bertz CT molecular complexity index is 925. The van der Waals surface area contributed by atoms with Gasteiger partial charge in [-0.3, -0.25) is 14.0 Å². The maximum Gasteiger partial charge on any atom is 0.322 e. The molecule has 0 aliphatic heterocycles. The minimum absolute atomic E-state index is 0.235. The van der Waals surface area contributed by atoms with Crippen LogP contribution in [0.25, 0.3) is 17.1 Å². The van der Waals surface area contributed by atoms with E-state index in [0.717, 1.165) is 22.6 Å². The highest BCUT2D eigenvalue weighted by atomic mass is 16.4. The summed E-state index contributed by atoms with van der Waals surface area (Å²) < 4.78 is 3.96. The van der Waals surface area contributed by atoms with E-state index in [0.29, 0.717) is 5.82 Å². The van der Waals surface area contributed by atoms with Crippen LogP contribution in [0.4, 0.5) is 5.95 Å².